The van der Waals surface area contributed by atoms with E-state index in [2.05, 4.69) is 30.8 Å². The number of aryl methyl sites for hydroxylation is 1. The number of benzene rings is 1. The summed E-state index contributed by atoms with van der Waals surface area (Å²) in [6, 6.07) is 8.02. The van der Waals surface area contributed by atoms with Gasteiger partial charge in [-0.2, -0.15) is 0 Å². The first-order valence-electron chi connectivity index (χ1n) is 5.82. The van der Waals surface area contributed by atoms with E-state index in [1.807, 2.05) is 30.5 Å². The predicted molar refractivity (Wildman–Crippen MR) is 76.1 cm³/mol. The Balaban J connectivity index is 2.03. The Labute approximate surface area is 115 Å². The van der Waals surface area contributed by atoms with E-state index in [-0.39, 0.29) is 0 Å². The Morgan fingerprint density at radius 3 is 3.11 bits per heavy atom. The zero-order valence-corrected chi connectivity index (χ0v) is 11.9. The molecule has 0 saturated heterocycles. The fourth-order valence-electron chi connectivity index (χ4n) is 1.69. The van der Waals surface area contributed by atoms with Crippen LogP contribution in [0.3, 0.4) is 0 Å². The number of hydrogen-bond acceptors (Lipinski definition) is 3. The minimum absolute atomic E-state index is 0.758. The highest BCUT2D eigenvalue weighted by molar-refractivity contribution is 9.10. The van der Waals surface area contributed by atoms with Gasteiger partial charge in [0.2, 0.25) is 5.95 Å². The van der Waals surface area contributed by atoms with Crippen molar-refractivity contribution in [3.05, 3.63) is 41.1 Å². The summed E-state index contributed by atoms with van der Waals surface area (Å²) in [4.78, 5) is 4.32. The fourth-order valence-corrected chi connectivity index (χ4v) is 2.09. The van der Waals surface area contributed by atoms with Gasteiger partial charge in [0.05, 0.1) is 0 Å². The minimum atomic E-state index is 0.758. The molecule has 0 radical (unpaired) electrons. The third kappa shape index (κ3) is 3.58. The van der Waals surface area contributed by atoms with Crippen molar-refractivity contribution < 1.29 is 4.74 Å². The van der Waals surface area contributed by atoms with Crippen LogP contribution in [0, 0.1) is 0 Å². The Kier molecular flexibility index (Phi) is 4.78. The molecule has 1 N–H and O–H groups in total. The Bertz CT molecular complexity index is 498. The zero-order chi connectivity index (χ0) is 12.8. The lowest BCUT2D eigenvalue weighted by molar-refractivity contribution is 0.190. The van der Waals surface area contributed by atoms with Gasteiger partial charge < -0.3 is 14.6 Å². The lowest BCUT2D eigenvalue weighted by atomic mass is 10.3. The van der Waals surface area contributed by atoms with Crippen molar-refractivity contribution in [3.63, 3.8) is 0 Å². The molecule has 1 heterocycles. The van der Waals surface area contributed by atoms with Crippen molar-refractivity contribution in [2.45, 2.75) is 13.0 Å². The van der Waals surface area contributed by atoms with Crippen LogP contribution in [0.4, 0.5) is 11.6 Å². The maximum atomic E-state index is 5.05. The molecule has 18 heavy (non-hydrogen) atoms. The van der Waals surface area contributed by atoms with Crippen LogP contribution < -0.4 is 5.32 Å². The average molecular weight is 310 g/mol. The zero-order valence-electron chi connectivity index (χ0n) is 10.3. The lowest BCUT2D eigenvalue weighted by Crippen LogP contribution is -2.05. The van der Waals surface area contributed by atoms with Crippen LogP contribution in [-0.2, 0) is 11.3 Å². The number of aromatic nitrogens is 2. The van der Waals surface area contributed by atoms with E-state index >= 15 is 0 Å². The standard InChI is InChI=1S/C13H16BrN3O/c1-18-9-3-7-17-8-6-15-13(17)16-12-5-2-4-11(14)10-12/h2,4-6,8,10H,3,7,9H2,1H3,(H,15,16). The second-order valence-corrected chi connectivity index (χ2v) is 4.84. The fraction of sp³-hybridized carbons (Fsp3) is 0.308. The molecule has 0 atom stereocenters. The number of ether oxygens (including phenoxy) is 1. The monoisotopic (exact) mass is 309 g/mol. The summed E-state index contributed by atoms with van der Waals surface area (Å²) in [5.74, 6) is 0.851. The molecular formula is C13H16BrN3O. The second-order valence-electron chi connectivity index (χ2n) is 3.93. The smallest absolute Gasteiger partial charge is 0.207 e. The topological polar surface area (TPSA) is 39.1 Å². The first-order chi connectivity index (χ1) is 8.79. The van der Waals surface area contributed by atoms with Crippen molar-refractivity contribution in [1.29, 1.82) is 0 Å². The van der Waals surface area contributed by atoms with Crippen LogP contribution in [0.2, 0.25) is 0 Å². The summed E-state index contributed by atoms with van der Waals surface area (Å²) < 4.78 is 8.18. The molecule has 0 spiro atoms. The SMILES string of the molecule is COCCCn1ccnc1Nc1cccc(Br)c1. The lowest BCUT2D eigenvalue weighted by Gasteiger charge is -2.09. The third-order valence-corrected chi connectivity index (χ3v) is 3.04. The Morgan fingerprint density at radius 1 is 1.44 bits per heavy atom. The molecule has 0 amide bonds. The molecule has 1 aromatic carbocycles. The van der Waals surface area contributed by atoms with E-state index < -0.39 is 0 Å². The van der Waals surface area contributed by atoms with E-state index in [1.54, 1.807) is 13.3 Å². The van der Waals surface area contributed by atoms with Crippen LogP contribution in [0.15, 0.2) is 41.1 Å². The van der Waals surface area contributed by atoms with Crippen molar-refractivity contribution in [1.82, 2.24) is 9.55 Å². The summed E-state index contributed by atoms with van der Waals surface area (Å²) in [7, 11) is 1.72. The number of imidazole rings is 1. The number of methoxy groups -OCH3 is 1. The van der Waals surface area contributed by atoms with Gasteiger partial charge in [-0.1, -0.05) is 22.0 Å². The van der Waals surface area contributed by atoms with Crippen LogP contribution in [0.5, 0.6) is 0 Å². The van der Waals surface area contributed by atoms with Crippen LogP contribution in [0.25, 0.3) is 0 Å². The first kappa shape index (κ1) is 13.1. The van der Waals surface area contributed by atoms with Gasteiger partial charge >= 0.3 is 0 Å². The number of halogens is 1. The molecule has 0 aliphatic heterocycles. The van der Waals surface area contributed by atoms with Crippen LogP contribution >= 0.6 is 15.9 Å². The molecule has 0 bridgehead atoms. The molecule has 2 rings (SSSR count). The van der Waals surface area contributed by atoms with Gasteiger partial charge in [-0.15, -0.1) is 0 Å². The molecule has 96 valence electrons. The van der Waals surface area contributed by atoms with Crippen LogP contribution in [-0.4, -0.2) is 23.3 Å². The number of rotatable bonds is 6. The number of nitrogens with zero attached hydrogens (tertiary/aromatic N) is 2. The Morgan fingerprint density at radius 2 is 2.33 bits per heavy atom. The quantitative estimate of drug-likeness (QED) is 0.831. The van der Waals surface area contributed by atoms with E-state index in [0.29, 0.717) is 0 Å². The molecule has 0 aliphatic rings. The highest BCUT2D eigenvalue weighted by atomic mass is 79.9. The van der Waals surface area contributed by atoms with Crippen molar-refractivity contribution in [2.24, 2.45) is 0 Å². The van der Waals surface area contributed by atoms with E-state index in [9.17, 15) is 0 Å². The number of hydrogen-bond donors (Lipinski definition) is 1. The molecule has 5 heteroatoms. The van der Waals surface area contributed by atoms with Gasteiger partial charge in [0.1, 0.15) is 0 Å². The molecular weight excluding hydrogens is 294 g/mol. The minimum Gasteiger partial charge on any atom is -0.385 e. The molecule has 0 unspecified atom stereocenters. The van der Waals surface area contributed by atoms with E-state index in [4.69, 9.17) is 4.74 Å². The summed E-state index contributed by atoms with van der Waals surface area (Å²) in [6.07, 6.45) is 4.74. The molecule has 1 aromatic heterocycles. The van der Waals surface area contributed by atoms with Crippen LogP contribution in [0.1, 0.15) is 6.42 Å². The third-order valence-electron chi connectivity index (χ3n) is 2.54. The van der Waals surface area contributed by atoms with Gasteiger partial charge in [-0.05, 0) is 24.6 Å². The summed E-state index contributed by atoms with van der Waals surface area (Å²) in [5.41, 5.74) is 1.02. The number of nitrogens with one attached hydrogen (secondary N) is 1. The normalized spacial score (nSPS) is 10.6. The molecule has 0 saturated carbocycles. The maximum Gasteiger partial charge on any atom is 0.207 e. The largest absolute Gasteiger partial charge is 0.385 e. The summed E-state index contributed by atoms with van der Waals surface area (Å²) in [5, 5.41) is 3.30. The van der Waals surface area contributed by atoms with Gasteiger partial charge in [0.25, 0.3) is 0 Å². The molecule has 4 nitrogen and oxygen atoms in total. The summed E-state index contributed by atoms with van der Waals surface area (Å²) in [6.45, 7) is 1.65. The maximum absolute atomic E-state index is 5.05. The summed E-state index contributed by atoms with van der Waals surface area (Å²) >= 11 is 3.45. The van der Waals surface area contributed by atoms with Crippen molar-refractivity contribution >= 4 is 27.6 Å². The van der Waals surface area contributed by atoms with Gasteiger partial charge in [0.15, 0.2) is 0 Å². The second kappa shape index (κ2) is 6.56. The van der Waals surface area contributed by atoms with E-state index in [0.717, 1.165) is 35.7 Å². The van der Waals surface area contributed by atoms with Gasteiger partial charge in [0, 0.05) is 42.8 Å². The van der Waals surface area contributed by atoms with Gasteiger partial charge in [-0.3, -0.25) is 0 Å². The highest BCUT2D eigenvalue weighted by Gasteiger charge is 2.03. The van der Waals surface area contributed by atoms with Crippen molar-refractivity contribution in [2.75, 3.05) is 19.0 Å². The van der Waals surface area contributed by atoms with Gasteiger partial charge in [-0.25, -0.2) is 4.98 Å². The number of anilines is 2. The molecule has 0 aliphatic carbocycles. The first-order valence-corrected chi connectivity index (χ1v) is 6.61. The highest BCUT2D eigenvalue weighted by Crippen LogP contribution is 2.19. The Hall–Kier alpha value is -1.33. The predicted octanol–water partition coefficient (Wildman–Crippen LogP) is 3.43. The molecule has 0 fully saturated rings. The van der Waals surface area contributed by atoms with E-state index in [1.165, 1.54) is 0 Å². The average Bonchev–Trinajstić information content (AvgIpc) is 2.77. The molecule has 2 aromatic rings. The van der Waals surface area contributed by atoms with Crippen molar-refractivity contribution in [3.8, 4) is 0 Å².